The summed E-state index contributed by atoms with van der Waals surface area (Å²) < 4.78 is 36.5. The van der Waals surface area contributed by atoms with Crippen LogP contribution in [0.3, 0.4) is 0 Å². The molecule has 2 N–H and O–H groups in total. The Morgan fingerprint density at radius 2 is 2.17 bits per heavy atom. The third-order valence-electron chi connectivity index (χ3n) is 1.47. The largest absolute Gasteiger partial charge is 0.383 e. The number of alkyl halides is 3. The summed E-state index contributed by atoms with van der Waals surface area (Å²) in [6.07, 6.45) is -1.57. The Bertz CT molecular complexity index is 275. The van der Waals surface area contributed by atoms with Gasteiger partial charge >= 0.3 is 0 Å². The van der Waals surface area contributed by atoms with E-state index >= 15 is 0 Å². The fourth-order valence-corrected chi connectivity index (χ4v) is 0.900. The summed E-state index contributed by atoms with van der Waals surface area (Å²) >= 11 is 0. The molecule has 0 amide bonds. The predicted molar refractivity (Wildman–Crippen MR) is 38.4 cm³/mol. The van der Waals surface area contributed by atoms with E-state index in [-0.39, 0.29) is 11.4 Å². The first-order valence-corrected chi connectivity index (χ1v) is 3.24. The van der Waals surface area contributed by atoms with Crippen LogP contribution in [0.1, 0.15) is 17.6 Å². The fraction of sp³-hybridized carbons (Fsp3) is 0.286. The van der Waals surface area contributed by atoms with E-state index in [1.165, 1.54) is 12.3 Å². The summed E-state index contributed by atoms with van der Waals surface area (Å²) in [4.78, 5) is 3.44. The SMILES string of the molecule is Nc1nccc(CF)c1C(F)F. The molecular weight excluding hydrogens is 169 g/mol. The van der Waals surface area contributed by atoms with Crippen molar-refractivity contribution in [2.75, 3.05) is 5.73 Å². The molecule has 1 rings (SSSR count). The second-order valence-electron chi connectivity index (χ2n) is 2.20. The van der Waals surface area contributed by atoms with Gasteiger partial charge in [-0.3, -0.25) is 0 Å². The Morgan fingerprint density at radius 3 is 2.58 bits per heavy atom. The van der Waals surface area contributed by atoms with Gasteiger partial charge < -0.3 is 5.73 Å². The van der Waals surface area contributed by atoms with Crippen LogP contribution < -0.4 is 5.73 Å². The maximum atomic E-state index is 12.2. The van der Waals surface area contributed by atoms with Gasteiger partial charge in [-0.15, -0.1) is 0 Å². The topological polar surface area (TPSA) is 38.9 Å². The minimum absolute atomic E-state index is 0.0995. The van der Waals surface area contributed by atoms with Crippen LogP contribution in [0.2, 0.25) is 0 Å². The molecule has 5 heteroatoms. The Labute approximate surface area is 67.2 Å². The van der Waals surface area contributed by atoms with E-state index in [1.807, 2.05) is 0 Å². The first-order chi connectivity index (χ1) is 5.66. The number of nitrogens with two attached hydrogens (primary N) is 1. The van der Waals surface area contributed by atoms with Gasteiger partial charge in [0.05, 0.1) is 5.56 Å². The minimum Gasteiger partial charge on any atom is -0.383 e. The maximum absolute atomic E-state index is 12.2. The molecule has 2 nitrogen and oxygen atoms in total. The first kappa shape index (κ1) is 8.83. The first-order valence-electron chi connectivity index (χ1n) is 3.24. The highest BCUT2D eigenvalue weighted by atomic mass is 19.3. The van der Waals surface area contributed by atoms with Crippen molar-refractivity contribution in [1.82, 2.24) is 4.98 Å². The minimum atomic E-state index is -2.77. The lowest BCUT2D eigenvalue weighted by Crippen LogP contribution is -2.01. The van der Waals surface area contributed by atoms with Crippen molar-refractivity contribution >= 4 is 5.82 Å². The highest BCUT2D eigenvalue weighted by molar-refractivity contribution is 5.44. The van der Waals surface area contributed by atoms with Crippen molar-refractivity contribution in [3.8, 4) is 0 Å². The molecule has 66 valence electrons. The fourth-order valence-electron chi connectivity index (χ4n) is 0.900. The molecule has 0 bridgehead atoms. The summed E-state index contributed by atoms with van der Waals surface area (Å²) in [6.45, 7) is -0.952. The van der Waals surface area contributed by atoms with Gasteiger partial charge in [-0.2, -0.15) is 0 Å². The maximum Gasteiger partial charge on any atom is 0.267 e. The summed E-state index contributed by atoms with van der Waals surface area (Å²) in [5, 5.41) is 0. The number of aromatic nitrogens is 1. The van der Waals surface area contributed by atoms with Gasteiger partial charge in [0, 0.05) is 6.20 Å². The monoisotopic (exact) mass is 176 g/mol. The van der Waals surface area contributed by atoms with Gasteiger partial charge in [0.2, 0.25) is 0 Å². The van der Waals surface area contributed by atoms with Crippen molar-refractivity contribution in [3.63, 3.8) is 0 Å². The molecule has 0 aliphatic heterocycles. The normalized spacial score (nSPS) is 10.7. The van der Waals surface area contributed by atoms with E-state index in [4.69, 9.17) is 5.73 Å². The van der Waals surface area contributed by atoms with E-state index < -0.39 is 18.7 Å². The standard InChI is InChI=1S/C7H7F3N2/c8-3-4-1-2-12-7(11)5(4)6(9)10/h1-2,6H,3H2,(H2,11,12). The molecule has 1 heterocycles. The van der Waals surface area contributed by atoms with Gasteiger partial charge in [-0.25, -0.2) is 18.2 Å². The van der Waals surface area contributed by atoms with Gasteiger partial charge in [-0.1, -0.05) is 0 Å². The number of anilines is 1. The molecule has 1 aromatic heterocycles. The number of rotatable bonds is 2. The van der Waals surface area contributed by atoms with Crippen molar-refractivity contribution < 1.29 is 13.2 Å². The molecule has 0 aliphatic rings. The second kappa shape index (κ2) is 3.42. The third-order valence-corrected chi connectivity index (χ3v) is 1.47. The lowest BCUT2D eigenvalue weighted by molar-refractivity contribution is 0.150. The van der Waals surface area contributed by atoms with Crippen LogP contribution in [0.4, 0.5) is 19.0 Å². The second-order valence-corrected chi connectivity index (χ2v) is 2.20. The number of nitrogens with zero attached hydrogens (tertiary/aromatic N) is 1. The van der Waals surface area contributed by atoms with Crippen LogP contribution in [0.25, 0.3) is 0 Å². The Balaban J connectivity index is 3.20. The molecule has 0 saturated heterocycles. The van der Waals surface area contributed by atoms with Crippen LogP contribution in [0, 0.1) is 0 Å². The van der Waals surface area contributed by atoms with E-state index in [0.717, 1.165) is 0 Å². The summed E-state index contributed by atoms with van der Waals surface area (Å²) in [6, 6.07) is 1.19. The smallest absolute Gasteiger partial charge is 0.267 e. The van der Waals surface area contributed by atoms with E-state index in [9.17, 15) is 13.2 Å². The Morgan fingerprint density at radius 1 is 1.50 bits per heavy atom. The number of hydrogen-bond donors (Lipinski definition) is 1. The molecule has 12 heavy (non-hydrogen) atoms. The van der Waals surface area contributed by atoms with Gasteiger partial charge in [0.25, 0.3) is 6.43 Å². The summed E-state index contributed by atoms with van der Waals surface area (Å²) in [5.74, 6) is -0.305. The highest BCUT2D eigenvalue weighted by Crippen LogP contribution is 2.27. The molecular formula is C7H7F3N2. The molecule has 1 aromatic rings. The molecule has 0 aliphatic carbocycles. The molecule has 0 aromatic carbocycles. The Hall–Kier alpha value is -1.26. The zero-order valence-corrected chi connectivity index (χ0v) is 6.10. The molecule has 0 radical (unpaired) electrons. The zero-order chi connectivity index (χ0) is 9.14. The van der Waals surface area contributed by atoms with E-state index in [1.54, 1.807) is 0 Å². The highest BCUT2D eigenvalue weighted by Gasteiger charge is 2.16. The molecule has 0 spiro atoms. The van der Waals surface area contributed by atoms with Gasteiger partial charge in [0.1, 0.15) is 12.5 Å². The lowest BCUT2D eigenvalue weighted by Gasteiger charge is -2.06. The number of pyridine rings is 1. The number of nitrogen functional groups attached to an aromatic ring is 1. The van der Waals surface area contributed by atoms with Crippen LogP contribution in [0.5, 0.6) is 0 Å². The number of hydrogen-bond acceptors (Lipinski definition) is 2. The predicted octanol–water partition coefficient (Wildman–Crippen LogP) is 2.07. The average Bonchev–Trinajstić information content (AvgIpc) is 2.03. The lowest BCUT2D eigenvalue weighted by atomic mass is 10.1. The van der Waals surface area contributed by atoms with Crippen LogP contribution >= 0.6 is 0 Å². The molecule has 0 fully saturated rings. The van der Waals surface area contributed by atoms with Crippen molar-refractivity contribution in [2.45, 2.75) is 13.1 Å². The van der Waals surface area contributed by atoms with E-state index in [2.05, 4.69) is 4.98 Å². The van der Waals surface area contributed by atoms with Crippen molar-refractivity contribution in [2.24, 2.45) is 0 Å². The van der Waals surface area contributed by atoms with E-state index in [0.29, 0.717) is 0 Å². The summed E-state index contributed by atoms with van der Waals surface area (Å²) in [7, 11) is 0. The summed E-state index contributed by atoms with van der Waals surface area (Å²) in [5.41, 5.74) is 4.54. The van der Waals surface area contributed by atoms with Crippen LogP contribution in [0.15, 0.2) is 12.3 Å². The number of halogens is 3. The van der Waals surface area contributed by atoms with Crippen LogP contribution in [-0.2, 0) is 6.67 Å². The third kappa shape index (κ3) is 1.49. The zero-order valence-electron chi connectivity index (χ0n) is 6.10. The average molecular weight is 176 g/mol. The van der Waals surface area contributed by atoms with Crippen molar-refractivity contribution in [3.05, 3.63) is 23.4 Å². The quantitative estimate of drug-likeness (QED) is 0.749. The van der Waals surface area contributed by atoms with Gasteiger partial charge in [0.15, 0.2) is 0 Å². The Kier molecular flexibility index (Phi) is 2.52. The molecule has 0 saturated carbocycles. The van der Waals surface area contributed by atoms with Crippen molar-refractivity contribution in [1.29, 1.82) is 0 Å². The molecule has 0 atom stereocenters. The van der Waals surface area contributed by atoms with Crippen LogP contribution in [-0.4, -0.2) is 4.98 Å². The van der Waals surface area contributed by atoms with Gasteiger partial charge in [-0.05, 0) is 11.6 Å². The molecule has 0 unspecified atom stereocenters.